The molecule has 5 nitrogen and oxygen atoms in total. The topological polar surface area (TPSA) is 79.7 Å². The molecule has 0 unspecified atom stereocenters. The summed E-state index contributed by atoms with van der Waals surface area (Å²) in [5.41, 5.74) is 7.44. The van der Waals surface area contributed by atoms with Crippen LogP contribution in [0.5, 0.6) is 0 Å². The number of anilines is 2. The molecule has 1 aliphatic rings. The molecule has 1 aromatic heterocycles. The fraction of sp³-hybridized carbons (Fsp3) is 0.333. The largest absolute Gasteiger partial charge is 0.383 e. The zero-order valence-electron chi connectivity index (χ0n) is 11.5. The summed E-state index contributed by atoms with van der Waals surface area (Å²) in [5, 5.41) is 17.6. The molecule has 2 aromatic rings. The van der Waals surface area contributed by atoms with Crippen LogP contribution in [0, 0.1) is 17.2 Å². The fourth-order valence-corrected chi connectivity index (χ4v) is 2.41. The Morgan fingerprint density at radius 2 is 2.29 bits per heavy atom. The minimum absolute atomic E-state index is 0.385. The second-order valence-electron chi connectivity index (χ2n) is 5.33. The summed E-state index contributed by atoms with van der Waals surface area (Å²) in [7, 11) is 0. The molecular weight excluding hydrogens is 286 g/mol. The highest BCUT2D eigenvalue weighted by Gasteiger charge is 2.23. The molecule has 1 heterocycles. The SMILES string of the molecule is N#Cc1c(NCC2CC2)nn(Cc2cccc(Cl)c2)c1N. The van der Waals surface area contributed by atoms with Crippen LogP contribution in [0.3, 0.4) is 0 Å². The maximum atomic E-state index is 9.26. The van der Waals surface area contributed by atoms with E-state index in [1.54, 1.807) is 4.68 Å². The monoisotopic (exact) mass is 301 g/mol. The lowest BCUT2D eigenvalue weighted by molar-refractivity contribution is 0.697. The molecule has 1 aromatic carbocycles. The van der Waals surface area contributed by atoms with Gasteiger partial charge in [-0.3, -0.25) is 0 Å². The van der Waals surface area contributed by atoms with E-state index in [1.807, 2.05) is 24.3 Å². The third kappa shape index (κ3) is 3.11. The molecule has 0 spiro atoms. The normalized spacial score (nSPS) is 13.9. The highest BCUT2D eigenvalue weighted by atomic mass is 35.5. The van der Waals surface area contributed by atoms with E-state index in [9.17, 15) is 5.26 Å². The van der Waals surface area contributed by atoms with Gasteiger partial charge in [0.05, 0.1) is 6.54 Å². The van der Waals surface area contributed by atoms with Crippen LogP contribution in [0.4, 0.5) is 11.6 Å². The standard InChI is InChI=1S/C15H16ClN5/c16-12-3-1-2-11(6-12)9-21-14(18)13(7-17)15(20-21)19-8-10-4-5-10/h1-3,6,10H,4-5,8-9,18H2,(H,19,20). The molecule has 0 saturated heterocycles. The average molecular weight is 302 g/mol. The Labute approximate surface area is 128 Å². The number of hydrogen-bond acceptors (Lipinski definition) is 4. The van der Waals surface area contributed by atoms with Crippen molar-refractivity contribution in [2.24, 2.45) is 5.92 Å². The first-order valence-electron chi connectivity index (χ1n) is 6.92. The van der Waals surface area contributed by atoms with Gasteiger partial charge < -0.3 is 11.1 Å². The molecule has 108 valence electrons. The molecule has 0 bridgehead atoms. The van der Waals surface area contributed by atoms with Crippen molar-refractivity contribution in [1.29, 1.82) is 5.26 Å². The maximum Gasteiger partial charge on any atom is 0.168 e. The molecule has 0 amide bonds. The van der Waals surface area contributed by atoms with Crippen LogP contribution in [-0.2, 0) is 6.54 Å². The maximum absolute atomic E-state index is 9.26. The number of aromatic nitrogens is 2. The van der Waals surface area contributed by atoms with Gasteiger partial charge in [0.1, 0.15) is 17.5 Å². The minimum atomic E-state index is 0.385. The van der Waals surface area contributed by atoms with Crippen molar-refractivity contribution in [3.05, 3.63) is 40.4 Å². The molecule has 0 aliphatic heterocycles. The van der Waals surface area contributed by atoms with E-state index in [1.165, 1.54) is 12.8 Å². The number of nitrogens with two attached hydrogens (primary N) is 1. The van der Waals surface area contributed by atoms with Crippen LogP contribution >= 0.6 is 11.6 Å². The number of nitrogen functional groups attached to an aromatic ring is 1. The highest BCUT2D eigenvalue weighted by Crippen LogP contribution is 2.30. The molecule has 0 radical (unpaired) electrons. The summed E-state index contributed by atoms with van der Waals surface area (Å²) < 4.78 is 1.64. The van der Waals surface area contributed by atoms with E-state index in [2.05, 4.69) is 16.5 Å². The van der Waals surface area contributed by atoms with Gasteiger partial charge >= 0.3 is 0 Å². The molecule has 1 saturated carbocycles. The lowest BCUT2D eigenvalue weighted by atomic mass is 10.2. The second kappa shape index (κ2) is 5.66. The molecule has 1 aliphatic carbocycles. The zero-order chi connectivity index (χ0) is 14.8. The van der Waals surface area contributed by atoms with Crippen LogP contribution < -0.4 is 11.1 Å². The van der Waals surface area contributed by atoms with Gasteiger partial charge in [-0.2, -0.15) is 10.4 Å². The average Bonchev–Trinajstić information content (AvgIpc) is 3.23. The third-order valence-electron chi connectivity index (χ3n) is 3.58. The minimum Gasteiger partial charge on any atom is -0.383 e. The predicted octanol–water partition coefficient (Wildman–Crippen LogP) is 2.86. The molecular formula is C15H16ClN5. The Kier molecular flexibility index (Phi) is 3.72. The summed E-state index contributed by atoms with van der Waals surface area (Å²) in [6.07, 6.45) is 2.49. The predicted molar refractivity (Wildman–Crippen MR) is 83.1 cm³/mol. The molecule has 1 fully saturated rings. The van der Waals surface area contributed by atoms with E-state index in [-0.39, 0.29) is 0 Å². The Morgan fingerprint density at radius 1 is 1.48 bits per heavy atom. The smallest absolute Gasteiger partial charge is 0.168 e. The van der Waals surface area contributed by atoms with Gasteiger partial charge in [-0.15, -0.1) is 0 Å². The lowest BCUT2D eigenvalue weighted by Gasteiger charge is -2.04. The third-order valence-corrected chi connectivity index (χ3v) is 3.82. The van der Waals surface area contributed by atoms with Crippen molar-refractivity contribution in [2.45, 2.75) is 19.4 Å². The van der Waals surface area contributed by atoms with Gasteiger partial charge in [0, 0.05) is 11.6 Å². The van der Waals surface area contributed by atoms with Crippen molar-refractivity contribution in [1.82, 2.24) is 9.78 Å². The molecule has 6 heteroatoms. The summed E-state index contributed by atoms with van der Waals surface area (Å²) in [5.74, 6) is 1.66. The molecule has 3 N–H and O–H groups in total. The summed E-state index contributed by atoms with van der Waals surface area (Å²) in [4.78, 5) is 0. The van der Waals surface area contributed by atoms with Gasteiger partial charge in [0.15, 0.2) is 5.82 Å². The van der Waals surface area contributed by atoms with Crippen molar-refractivity contribution in [3.8, 4) is 6.07 Å². The van der Waals surface area contributed by atoms with E-state index in [0.717, 1.165) is 12.1 Å². The number of benzene rings is 1. The number of nitriles is 1. The number of rotatable bonds is 5. The highest BCUT2D eigenvalue weighted by molar-refractivity contribution is 6.30. The van der Waals surface area contributed by atoms with Crippen molar-refractivity contribution in [3.63, 3.8) is 0 Å². The number of halogens is 1. The Bertz CT molecular complexity index is 697. The molecule has 0 atom stereocenters. The Hall–Kier alpha value is -2.19. The van der Waals surface area contributed by atoms with Crippen LogP contribution in [0.1, 0.15) is 24.0 Å². The summed E-state index contributed by atoms with van der Waals surface area (Å²) in [6, 6.07) is 9.65. The van der Waals surface area contributed by atoms with Gasteiger partial charge in [-0.25, -0.2) is 4.68 Å². The van der Waals surface area contributed by atoms with Gasteiger partial charge in [-0.05, 0) is 36.5 Å². The Morgan fingerprint density at radius 3 is 2.95 bits per heavy atom. The number of nitrogens with one attached hydrogen (secondary N) is 1. The quantitative estimate of drug-likeness (QED) is 0.890. The first-order valence-corrected chi connectivity index (χ1v) is 7.30. The van der Waals surface area contributed by atoms with Crippen LogP contribution in [-0.4, -0.2) is 16.3 Å². The Balaban J connectivity index is 1.82. The fourth-order valence-electron chi connectivity index (χ4n) is 2.20. The van der Waals surface area contributed by atoms with E-state index < -0.39 is 0 Å². The van der Waals surface area contributed by atoms with Gasteiger partial charge in [0.25, 0.3) is 0 Å². The molecule has 21 heavy (non-hydrogen) atoms. The van der Waals surface area contributed by atoms with Gasteiger partial charge in [0.2, 0.25) is 0 Å². The number of hydrogen-bond donors (Lipinski definition) is 2. The van der Waals surface area contributed by atoms with Crippen LogP contribution in [0.15, 0.2) is 24.3 Å². The van der Waals surface area contributed by atoms with Crippen LogP contribution in [0.2, 0.25) is 5.02 Å². The first-order chi connectivity index (χ1) is 10.2. The van der Waals surface area contributed by atoms with Crippen LogP contribution in [0.25, 0.3) is 0 Å². The number of nitrogens with zero attached hydrogens (tertiary/aromatic N) is 3. The summed E-state index contributed by atoms with van der Waals surface area (Å²) >= 11 is 5.98. The van der Waals surface area contributed by atoms with Crippen molar-refractivity contribution < 1.29 is 0 Å². The van der Waals surface area contributed by atoms with E-state index >= 15 is 0 Å². The first kappa shape index (κ1) is 13.8. The van der Waals surface area contributed by atoms with Crippen molar-refractivity contribution >= 4 is 23.2 Å². The summed E-state index contributed by atoms with van der Waals surface area (Å²) in [6.45, 7) is 1.34. The lowest BCUT2D eigenvalue weighted by Crippen LogP contribution is -2.07. The zero-order valence-corrected chi connectivity index (χ0v) is 12.3. The second-order valence-corrected chi connectivity index (χ2v) is 5.77. The van der Waals surface area contributed by atoms with Crippen molar-refractivity contribution in [2.75, 3.05) is 17.6 Å². The van der Waals surface area contributed by atoms with Gasteiger partial charge in [-0.1, -0.05) is 23.7 Å². The van der Waals surface area contributed by atoms with E-state index in [0.29, 0.717) is 34.7 Å². The van der Waals surface area contributed by atoms with E-state index in [4.69, 9.17) is 17.3 Å². The molecule has 3 rings (SSSR count).